The minimum Gasteiger partial charge on any atom is -0.331 e. The van der Waals surface area contributed by atoms with E-state index >= 15 is 0 Å². The lowest BCUT2D eigenvalue weighted by atomic mass is 10.1. The molecule has 0 bridgehead atoms. The molecule has 0 aliphatic rings. The summed E-state index contributed by atoms with van der Waals surface area (Å²) >= 11 is 0. The number of nitrogens with one attached hydrogen (secondary N) is 1. The van der Waals surface area contributed by atoms with E-state index in [1.54, 1.807) is 9.58 Å². The molecule has 1 heterocycles. The van der Waals surface area contributed by atoms with Crippen LogP contribution in [0.15, 0.2) is 84.9 Å². The van der Waals surface area contributed by atoms with Crippen LogP contribution in [0.5, 0.6) is 0 Å². The molecule has 1 aromatic heterocycles. The lowest BCUT2D eigenvalue weighted by Crippen LogP contribution is -2.43. The summed E-state index contributed by atoms with van der Waals surface area (Å²) < 4.78 is 1.76. The second kappa shape index (κ2) is 11.0. The zero-order valence-corrected chi connectivity index (χ0v) is 21.2. The first kappa shape index (κ1) is 24.9. The first-order valence-electron chi connectivity index (χ1n) is 12.2. The van der Waals surface area contributed by atoms with Crippen molar-refractivity contribution in [2.24, 2.45) is 0 Å². The van der Waals surface area contributed by atoms with Crippen LogP contribution in [-0.2, 0) is 16.0 Å². The Labute approximate surface area is 212 Å². The van der Waals surface area contributed by atoms with Crippen molar-refractivity contribution in [3.05, 3.63) is 102 Å². The van der Waals surface area contributed by atoms with Crippen LogP contribution >= 0.6 is 0 Å². The Hall–Kier alpha value is -4.19. The maximum Gasteiger partial charge on any atom is 0.245 e. The van der Waals surface area contributed by atoms with Gasteiger partial charge in [0.15, 0.2) is 0 Å². The number of aryl methyl sites for hydroxylation is 2. The zero-order valence-electron chi connectivity index (χ0n) is 21.2. The van der Waals surface area contributed by atoms with E-state index in [1.165, 1.54) is 0 Å². The molecular formula is C30H32N4O2. The molecule has 0 spiro atoms. The van der Waals surface area contributed by atoms with Gasteiger partial charge in [0.2, 0.25) is 11.8 Å². The Balaban J connectivity index is 1.64. The third-order valence-corrected chi connectivity index (χ3v) is 6.12. The van der Waals surface area contributed by atoms with Crippen molar-refractivity contribution in [3.63, 3.8) is 0 Å². The molecule has 6 heteroatoms. The zero-order chi connectivity index (χ0) is 25.7. The highest BCUT2D eigenvalue weighted by Crippen LogP contribution is 2.33. The summed E-state index contributed by atoms with van der Waals surface area (Å²) in [6.07, 6.45) is 0.252. The first-order valence-corrected chi connectivity index (χ1v) is 12.2. The highest BCUT2D eigenvalue weighted by Gasteiger charge is 2.24. The fraction of sp³-hybridized carbons (Fsp3) is 0.233. The number of carbonyl (C=O) groups is 2. The quantitative estimate of drug-likeness (QED) is 0.358. The highest BCUT2D eigenvalue weighted by molar-refractivity contribution is 5.98. The monoisotopic (exact) mass is 480 g/mol. The van der Waals surface area contributed by atoms with Crippen molar-refractivity contribution < 1.29 is 9.59 Å². The third-order valence-electron chi connectivity index (χ3n) is 6.12. The van der Waals surface area contributed by atoms with E-state index in [0.717, 1.165) is 33.6 Å². The van der Waals surface area contributed by atoms with Gasteiger partial charge in [-0.2, -0.15) is 5.10 Å². The largest absolute Gasteiger partial charge is 0.331 e. The van der Waals surface area contributed by atoms with Gasteiger partial charge < -0.3 is 10.2 Å². The molecule has 0 unspecified atom stereocenters. The van der Waals surface area contributed by atoms with Crippen LogP contribution in [0.25, 0.3) is 16.8 Å². The summed E-state index contributed by atoms with van der Waals surface area (Å²) in [6, 6.07) is 27.4. The lowest BCUT2D eigenvalue weighted by molar-refractivity contribution is -0.135. The molecule has 0 aliphatic heterocycles. The summed E-state index contributed by atoms with van der Waals surface area (Å²) in [6.45, 7) is 7.77. The van der Waals surface area contributed by atoms with Crippen LogP contribution < -0.4 is 5.32 Å². The van der Waals surface area contributed by atoms with Crippen LogP contribution in [0.3, 0.4) is 0 Å². The molecule has 0 atom stereocenters. The van der Waals surface area contributed by atoms with Crippen molar-refractivity contribution in [2.45, 2.75) is 40.2 Å². The van der Waals surface area contributed by atoms with Crippen molar-refractivity contribution in [3.8, 4) is 16.8 Å². The fourth-order valence-corrected chi connectivity index (χ4v) is 4.22. The van der Waals surface area contributed by atoms with Gasteiger partial charge in [-0.1, -0.05) is 78.4 Å². The number of anilines is 1. The number of hydrogen-bond acceptors (Lipinski definition) is 3. The number of hydrogen-bond donors (Lipinski definition) is 1. The van der Waals surface area contributed by atoms with Gasteiger partial charge in [0.1, 0.15) is 12.4 Å². The molecule has 0 fully saturated rings. The normalized spacial score (nSPS) is 10.9. The van der Waals surface area contributed by atoms with E-state index < -0.39 is 0 Å². The van der Waals surface area contributed by atoms with Gasteiger partial charge >= 0.3 is 0 Å². The minimum absolute atomic E-state index is 0.0459. The number of amides is 2. The summed E-state index contributed by atoms with van der Waals surface area (Å²) in [7, 11) is 0. The van der Waals surface area contributed by atoms with E-state index in [1.807, 2.05) is 113 Å². The second-order valence-corrected chi connectivity index (χ2v) is 9.25. The lowest BCUT2D eigenvalue weighted by Gasteiger charge is -2.26. The molecule has 4 aromatic rings. The van der Waals surface area contributed by atoms with E-state index in [0.29, 0.717) is 5.82 Å². The second-order valence-electron chi connectivity index (χ2n) is 9.25. The summed E-state index contributed by atoms with van der Waals surface area (Å²) in [5.41, 5.74) is 5.54. The number of rotatable bonds is 8. The molecule has 1 N–H and O–H groups in total. The van der Waals surface area contributed by atoms with Crippen LogP contribution in [-0.4, -0.2) is 39.1 Å². The highest BCUT2D eigenvalue weighted by atomic mass is 16.2. The SMILES string of the molecule is Cc1ccc(-n2nc(C)c(-c3ccccc3)c2NC(=O)CN(C(=O)Cc2ccccc2)C(C)C)cc1. The number of carbonyl (C=O) groups excluding carboxylic acids is 2. The van der Waals surface area contributed by atoms with Crippen LogP contribution in [0.1, 0.15) is 30.7 Å². The average molecular weight is 481 g/mol. The summed E-state index contributed by atoms with van der Waals surface area (Å²) in [5, 5.41) is 7.85. The third kappa shape index (κ3) is 5.71. The molecule has 3 aromatic carbocycles. The van der Waals surface area contributed by atoms with E-state index in [2.05, 4.69) is 5.32 Å². The standard InChI is InChI=1S/C30H32N4O2/c1-21(2)33(28(36)19-24-11-7-5-8-12-24)20-27(35)31-30-29(25-13-9-6-10-14-25)23(4)32-34(30)26-17-15-22(3)16-18-26/h5-18,21H,19-20H2,1-4H3,(H,31,35). The number of nitrogens with zero attached hydrogens (tertiary/aromatic N) is 3. The molecule has 184 valence electrons. The van der Waals surface area contributed by atoms with Gasteiger partial charge in [-0.15, -0.1) is 0 Å². The van der Waals surface area contributed by atoms with E-state index in [4.69, 9.17) is 5.10 Å². The predicted molar refractivity (Wildman–Crippen MR) is 144 cm³/mol. The van der Waals surface area contributed by atoms with Gasteiger partial charge in [0.05, 0.1) is 17.8 Å². The van der Waals surface area contributed by atoms with E-state index in [-0.39, 0.29) is 30.8 Å². The van der Waals surface area contributed by atoms with Gasteiger partial charge in [-0.25, -0.2) is 4.68 Å². The van der Waals surface area contributed by atoms with Crippen molar-refractivity contribution in [1.82, 2.24) is 14.7 Å². The molecule has 2 amide bonds. The molecule has 0 saturated heterocycles. The van der Waals surface area contributed by atoms with Gasteiger partial charge in [-0.3, -0.25) is 9.59 Å². The first-order chi connectivity index (χ1) is 17.3. The number of benzene rings is 3. The Morgan fingerprint density at radius 2 is 1.50 bits per heavy atom. The van der Waals surface area contributed by atoms with Crippen LogP contribution in [0, 0.1) is 13.8 Å². The molecule has 4 rings (SSSR count). The maximum absolute atomic E-state index is 13.4. The fourth-order valence-electron chi connectivity index (χ4n) is 4.22. The Morgan fingerprint density at radius 3 is 2.11 bits per heavy atom. The molecule has 6 nitrogen and oxygen atoms in total. The Kier molecular flexibility index (Phi) is 7.64. The summed E-state index contributed by atoms with van der Waals surface area (Å²) in [5.74, 6) is 0.236. The van der Waals surface area contributed by atoms with Crippen LogP contribution in [0.4, 0.5) is 5.82 Å². The van der Waals surface area contributed by atoms with Crippen molar-refractivity contribution >= 4 is 17.6 Å². The van der Waals surface area contributed by atoms with Crippen LogP contribution in [0.2, 0.25) is 0 Å². The number of aromatic nitrogens is 2. The molecular weight excluding hydrogens is 448 g/mol. The molecule has 0 saturated carbocycles. The minimum atomic E-state index is -0.268. The Morgan fingerprint density at radius 1 is 0.889 bits per heavy atom. The Bertz CT molecular complexity index is 1330. The maximum atomic E-state index is 13.4. The topological polar surface area (TPSA) is 67.2 Å². The van der Waals surface area contributed by atoms with Crippen molar-refractivity contribution in [1.29, 1.82) is 0 Å². The van der Waals surface area contributed by atoms with Crippen molar-refractivity contribution in [2.75, 3.05) is 11.9 Å². The predicted octanol–water partition coefficient (Wildman–Crippen LogP) is 5.57. The van der Waals surface area contributed by atoms with Gasteiger partial charge in [-0.05, 0) is 51.0 Å². The van der Waals surface area contributed by atoms with E-state index in [9.17, 15) is 9.59 Å². The molecule has 36 heavy (non-hydrogen) atoms. The molecule has 0 radical (unpaired) electrons. The smallest absolute Gasteiger partial charge is 0.245 e. The van der Waals surface area contributed by atoms with Gasteiger partial charge in [0, 0.05) is 11.6 Å². The average Bonchev–Trinajstić information content (AvgIpc) is 3.19. The van der Waals surface area contributed by atoms with Gasteiger partial charge in [0.25, 0.3) is 0 Å². The molecule has 0 aliphatic carbocycles. The summed E-state index contributed by atoms with van der Waals surface area (Å²) in [4.78, 5) is 28.1.